The van der Waals surface area contributed by atoms with Crippen molar-refractivity contribution in [3.8, 4) is 5.82 Å². The smallest absolute Gasteiger partial charge is 0.157 e. The van der Waals surface area contributed by atoms with Crippen LogP contribution in [0.4, 0.5) is 4.39 Å². The molecule has 0 spiro atoms. The lowest BCUT2D eigenvalue weighted by Crippen LogP contribution is -2.16. The largest absolute Gasteiger partial charge is 0.313 e. The molecule has 2 rings (SSSR count). The van der Waals surface area contributed by atoms with E-state index in [-0.39, 0.29) is 5.82 Å². The maximum absolute atomic E-state index is 13.2. The molecule has 0 saturated heterocycles. The van der Waals surface area contributed by atoms with Crippen LogP contribution in [0.1, 0.15) is 18.9 Å². The fourth-order valence-electron chi connectivity index (χ4n) is 1.60. The Labute approximate surface area is 99.5 Å². The lowest BCUT2D eigenvalue weighted by atomic mass is 10.2. The van der Waals surface area contributed by atoms with E-state index < -0.39 is 0 Å². The molecule has 5 heteroatoms. The summed E-state index contributed by atoms with van der Waals surface area (Å²) in [5, 5.41) is 7.34. The number of hydrogen-bond acceptors (Lipinski definition) is 3. The summed E-state index contributed by atoms with van der Waals surface area (Å²) < 4.78 is 14.8. The van der Waals surface area contributed by atoms with Gasteiger partial charge in [0.2, 0.25) is 0 Å². The molecule has 0 amide bonds. The summed E-state index contributed by atoms with van der Waals surface area (Å²) in [4.78, 5) is 4.08. The zero-order valence-electron chi connectivity index (χ0n) is 9.73. The molecule has 0 unspecified atom stereocenters. The Balaban J connectivity index is 2.25. The molecule has 17 heavy (non-hydrogen) atoms. The third-order valence-corrected chi connectivity index (χ3v) is 2.37. The number of hydrogen-bond donors (Lipinski definition) is 1. The van der Waals surface area contributed by atoms with E-state index in [1.807, 2.05) is 6.07 Å². The van der Waals surface area contributed by atoms with E-state index in [4.69, 9.17) is 0 Å². The quantitative estimate of drug-likeness (QED) is 0.803. The Morgan fingerprint density at radius 3 is 3.06 bits per heavy atom. The van der Waals surface area contributed by atoms with E-state index in [1.165, 1.54) is 12.3 Å². The van der Waals surface area contributed by atoms with Gasteiger partial charge in [-0.25, -0.2) is 14.1 Å². The van der Waals surface area contributed by atoms with Crippen LogP contribution in [0.15, 0.2) is 30.7 Å². The normalized spacial score (nSPS) is 10.7. The van der Waals surface area contributed by atoms with E-state index >= 15 is 0 Å². The van der Waals surface area contributed by atoms with Crippen LogP contribution in [-0.2, 0) is 6.54 Å². The van der Waals surface area contributed by atoms with Crippen LogP contribution in [0, 0.1) is 5.82 Å². The van der Waals surface area contributed by atoms with Crippen LogP contribution in [0.2, 0.25) is 0 Å². The molecule has 2 aromatic rings. The number of nitrogens with zero attached hydrogens (tertiary/aromatic N) is 3. The SMILES string of the molecule is CCCNCc1cc(F)cnc1-n1cccn1. The Hall–Kier alpha value is -1.75. The van der Waals surface area contributed by atoms with Gasteiger partial charge in [-0.1, -0.05) is 6.92 Å². The van der Waals surface area contributed by atoms with E-state index in [2.05, 4.69) is 22.3 Å². The van der Waals surface area contributed by atoms with Gasteiger partial charge in [-0.15, -0.1) is 0 Å². The van der Waals surface area contributed by atoms with Crippen molar-refractivity contribution < 1.29 is 4.39 Å². The third kappa shape index (κ3) is 2.88. The zero-order valence-corrected chi connectivity index (χ0v) is 9.73. The van der Waals surface area contributed by atoms with Crippen molar-refractivity contribution >= 4 is 0 Å². The Kier molecular flexibility index (Phi) is 3.82. The number of aromatic nitrogens is 3. The maximum Gasteiger partial charge on any atom is 0.157 e. The lowest BCUT2D eigenvalue weighted by molar-refractivity contribution is 0.607. The van der Waals surface area contributed by atoms with Crippen molar-refractivity contribution in [3.05, 3.63) is 42.1 Å². The van der Waals surface area contributed by atoms with Crippen molar-refractivity contribution in [2.75, 3.05) is 6.54 Å². The Bertz CT molecular complexity index is 467. The molecule has 0 fully saturated rings. The van der Waals surface area contributed by atoms with Crippen molar-refractivity contribution in [2.45, 2.75) is 19.9 Å². The average molecular weight is 234 g/mol. The summed E-state index contributed by atoms with van der Waals surface area (Å²) in [5.74, 6) is 0.342. The molecular formula is C12H15FN4. The van der Waals surface area contributed by atoms with Gasteiger partial charge in [0.25, 0.3) is 0 Å². The van der Waals surface area contributed by atoms with Gasteiger partial charge in [0.15, 0.2) is 5.82 Å². The highest BCUT2D eigenvalue weighted by Crippen LogP contribution is 2.12. The first-order valence-corrected chi connectivity index (χ1v) is 5.66. The predicted octanol–water partition coefficient (Wildman–Crippen LogP) is 1.91. The highest BCUT2D eigenvalue weighted by molar-refractivity contribution is 5.33. The van der Waals surface area contributed by atoms with Gasteiger partial charge in [0.1, 0.15) is 5.82 Å². The van der Waals surface area contributed by atoms with Gasteiger partial charge in [-0.3, -0.25) is 0 Å². The molecule has 0 aliphatic rings. The molecule has 90 valence electrons. The molecule has 0 radical (unpaired) electrons. The second-order valence-electron chi connectivity index (χ2n) is 3.76. The molecule has 0 bridgehead atoms. The van der Waals surface area contributed by atoms with Crippen LogP contribution in [0.5, 0.6) is 0 Å². The zero-order chi connectivity index (χ0) is 12.1. The van der Waals surface area contributed by atoms with Gasteiger partial charge in [0, 0.05) is 24.5 Å². The van der Waals surface area contributed by atoms with Crippen LogP contribution in [0.3, 0.4) is 0 Å². The van der Waals surface area contributed by atoms with Crippen molar-refractivity contribution in [3.63, 3.8) is 0 Å². The molecule has 1 N–H and O–H groups in total. The van der Waals surface area contributed by atoms with Crippen molar-refractivity contribution in [2.24, 2.45) is 0 Å². The van der Waals surface area contributed by atoms with Gasteiger partial charge >= 0.3 is 0 Å². The standard InChI is InChI=1S/C12H15FN4/c1-2-4-14-8-10-7-11(13)9-15-12(10)17-6-3-5-16-17/h3,5-7,9,14H,2,4,8H2,1H3. The number of nitrogens with one attached hydrogen (secondary N) is 1. The highest BCUT2D eigenvalue weighted by atomic mass is 19.1. The molecule has 0 aliphatic carbocycles. The first-order chi connectivity index (χ1) is 8.31. The van der Waals surface area contributed by atoms with E-state index in [9.17, 15) is 4.39 Å². The second kappa shape index (κ2) is 5.54. The third-order valence-electron chi connectivity index (χ3n) is 2.37. The Morgan fingerprint density at radius 2 is 2.35 bits per heavy atom. The summed E-state index contributed by atoms with van der Waals surface area (Å²) in [6.07, 6.45) is 5.72. The minimum atomic E-state index is -0.325. The summed E-state index contributed by atoms with van der Waals surface area (Å²) in [7, 11) is 0. The fraction of sp³-hybridized carbons (Fsp3) is 0.333. The molecule has 4 nitrogen and oxygen atoms in total. The summed E-state index contributed by atoms with van der Waals surface area (Å²) in [6, 6.07) is 3.31. The topological polar surface area (TPSA) is 42.7 Å². The molecule has 2 heterocycles. The summed E-state index contributed by atoms with van der Waals surface area (Å²) >= 11 is 0. The molecule has 2 aromatic heterocycles. The van der Waals surface area contributed by atoms with E-state index in [1.54, 1.807) is 17.1 Å². The Morgan fingerprint density at radius 1 is 1.47 bits per heavy atom. The van der Waals surface area contributed by atoms with Crippen LogP contribution in [-0.4, -0.2) is 21.3 Å². The number of rotatable bonds is 5. The predicted molar refractivity (Wildman–Crippen MR) is 63.3 cm³/mol. The van der Waals surface area contributed by atoms with Gasteiger partial charge in [-0.05, 0) is 25.1 Å². The number of halogens is 1. The monoisotopic (exact) mass is 234 g/mol. The summed E-state index contributed by atoms with van der Waals surface area (Å²) in [6.45, 7) is 3.58. The van der Waals surface area contributed by atoms with Gasteiger partial charge in [0.05, 0.1) is 6.20 Å². The molecule has 0 aliphatic heterocycles. The van der Waals surface area contributed by atoms with E-state index in [0.717, 1.165) is 18.5 Å². The maximum atomic E-state index is 13.2. The second-order valence-corrected chi connectivity index (χ2v) is 3.76. The van der Waals surface area contributed by atoms with Crippen LogP contribution in [0.25, 0.3) is 5.82 Å². The first kappa shape index (κ1) is 11.7. The molecular weight excluding hydrogens is 219 g/mol. The minimum absolute atomic E-state index is 0.325. The van der Waals surface area contributed by atoms with Crippen LogP contribution >= 0.6 is 0 Å². The minimum Gasteiger partial charge on any atom is -0.313 e. The highest BCUT2D eigenvalue weighted by Gasteiger charge is 2.07. The van der Waals surface area contributed by atoms with Crippen molar-refractivity contribution in [1.82, 2.24) is 20.1 Å². The lowest BCUT2D eigenvalue weighted by Gasteiger charge is -2.09. The van der Waals surface area contributed by atoms with Crippen molar-refractivity contribution in [1.29, 1.82) is 0 Å². The molecule has 0 atom stereocenters. The van der Waals surface area contributed by atoms with Gasteiger partial charge in [-0.2, -0.15) is 5.10 Å². The van der Waals surface area contributed by atoms with Crippen LogP contribution < -0.4 is 5.32 Å². The van der Waals surface area contributed by atoms with Gasteiger partial charge < -0.3 is 5.32 Å². The number of pyridine rings is 1. The fourth-order valence-corrected chi connectivity index (χ4v) is 1.60. The molecule has 0 saturated carbocycles. The summed E-state index contributed by atoms with van der Waals surface area (Å²) in [5.41, 5.74) is 0.808. The molecule has 0 aromatic carbocycles. The average Bonchev–Trinajstić information content (AvgIpc) is 2.83. The first-order valence-electron chi connectivity index (χ1n) is 5.66. The van der Waals surface area contributed by atoms with E-state index in [0.29, 0.717) is 12.4 Å².